The second-order valence-corrected chi connectivity index (χ2v) is 7.13. The van der Waals surface area contributed by atoms with E-state index >= 15 is 0 Å². The van der Waals surface area contributed by atoms with E-state index in [-0.39, 0.29) is 17.7 Å². The molecule has 5 nitrogen and oxygen atoms in total. The highest BCUT2D eigenvalue weighted by Gasteiger charge is 2.70. The third-order valence-corrected chi connectivity index (χ3v) is 6.26. The van der Waals surface area contributed by atoms with E-state index in [0.717, 1.165) is 22.3 Å². The van der Waals surface area contributed by atoms with Crippen molar-refractivity contribution in [1.82, 2.24) is 9.80 Å². The first-order valence-electron chi connectivity index (χ1n) is 8.87. The lowest BCUT2D eigenvalue weighted by Crippen LogP contribution is -2.48. The third-order valence-electron chi connectivity index (χ3n) is 6.26. The van der Waals surface area contributed by atoms with Gasteiger partial charge >= 0.3 is 0 Å². The Kier molecular flexibility index (Phi) is 2.84. The minimum absolute atomic E-state index is 0.244. The summed E-state index contributed by atoms with van der Waals surface area (Å²) in [6, 6.07) is 15.8. The maximum Gasteiger partial charge on any atom is 0.242 e. The Morgan fingerprint density at radius 3 is 1.92 bits per heavy atom. The van der Waals surface area contributed by atoms with E-state index < -0.39 is 17.4 Å². The molecule has 2 aromatic carbocycles. The zero-order valence-electron chi connectivity index (χ0n) is 14.6. The molecular formula is C21H18N2O3. The molecule has 0 radical (unpaired) electrons. The minimum Gasteiger partial charge on any atom is -0.330 e. The van der Waals surface area contributed by atoms with Gasteiger partial charge < -0.3 is 4.90 Å². The van der Waals surface area contributed by atoms with Crippen LogP contribution in [0.5, 0.6) is 0 Å². The summed E-state index contributed by atoms with van der Waals surface area (Å²) in [6.07, 6.45) is 0. The molecule has 0 N–H and O–H groups in total. The number of nitrogens with zero attached hydrogens (tertiary/aromatic N) is 2. The lowest BCUT2D eigenvalue weighted by molar-refractivity contribution is -0.144. The molecule has 2 heterocycles. The molecule has 5 rings (SSSR count). The van der Waals surface area contributed by atoms with Crippen molar-refractivity contribution in [3.8, 4) is 11.1 Å². The van der Waals surface area contributed by atoms with Crippen LogP contribution in [-0.4, -0.2) is 41.1 Å². The Morgan fingerprint density at radius 2 is 1.38 bits per heavy atom. The van der Waals surface area contributed by atoms with E-state index in [1.54, 1.807) is 18.9 Å². The first kappa shape index (κ1) is 15.3. The van der Waals surface area contributed by atoms with Gasteiger partial charge in [0.2, 0.25) is 17.7 Å². The first-order valence-corrected chi connectivity index (χ1v) is 8.87. The fourth-order valence-electron chi connectivity index (χ4n) is 5.24. The number of likely N-dealkylation sites (tertiary alicyclic amines) is 2. The van der Waals surface area contributed by atoms with Crippen molar-refractivity contribution in [2.45, 2.75) is 12.5 Å². The lowest BCUT2D eigenvalue weighted by atomic mass is 9.74. The molecule has 130 valence electrons. The maximum absolute atomic E-state index is 13.2. The number of amides is 3. The van der Waals surface area contributed by atoms with Gasteiger partial charge in [0, 0.05) is 13.6 Å². The quantitative estimate of drug-likeness (QED) is 0.586. The molecule has 0 saturated carbocycles. The zero-order chi connectivity index (χ0) is 18.2. The Morgan fingerprint density at radius 1 is 0.846 bits per heavy atom. The molecule has 2 atom stereocenters. The Bertz CT molecular complexity index is 951. The van der Waals surface area contributed by atoms with Gasteiger partial charge in [0.25, 0.3) is 0 Å². The number of carbonyl (C=O) groups excluding carboxylic acids is 3. The number of fused-ring (bicyclic) bond motifs is 7. The van der Waals surface area contributed by atoms with Crippen molar-refractivity contribution in [2.24, 2.45) is 11.8 Å². The average Bonchev–Trinajstić information content (AvgIpc) is 3.19. The standard InChI is InChI=1S/C21H18N2O3/c1-3-23-19(25)16-17(20(23)26)21(22(2)18(16)24)14-10-6-4-8-12(14)13-9-5-7-11-15(13)21/h4-11,16-17H,3H2,1-2H3/t16-,17+/m1/s1. The van der Waals surface area contributed by atoms with E-state index in [9.17, 15) is 14.4 Å². The SMILES string of the molecule is CCN1C(=O)[C@H]2C(=O)N(C)C3(c4ccccc4-c4ccccc43)[C@@H]2C1=O. The van der Waals surface area contributed by atoms with Crippen LogP contribution in [0, 0.1) is 11.8 Å². The molecule has 26 heavy (non-hydrogen) atoms. The van der Waals surface area contributed by atoms with Crippen molar-refractivity contribution in [3.63, 3.8) is 0 Å². The number of carbonyl (C=O) groups is 3. The molecule has 0 unspecified atom stereocenters. The number of hydrogen-bond donors (Lipinski definition) is 0. The van der Waals surface area contributed by atoms with E-state index in [0.29, 0.717) is 6.54 Å². The molecule has 1 spiro atoms. The summed E-state index contributed by atoms with van der Waals surface area (Å²) in [5, 5.41) is 0. The number of hydrogen-bond acceptors (Lipinski definition) is 3. The summed E-state index contributed by atoms with van der Waals surface area (Å²) >= 11 is 0. The third kappa shape index (κ3) is 1.43. The second-order valence-electron chi connectivity index (χ2n) is 7.13. The van der Waals surface area contributed by atoms with Gasteiger partial charge in [-0.3, -0.25) is 19.3 Å². The molecular weight excluding hydrogens is 328 g/mol. The van der Waals surface area contributed by atoms with Gasteiger partial charge in [-0.15, -0.1) is 0 Å². The van der Waals surface area contributed by atoms with Crippen molar-refractivity contribution >= 4 is 17.7 Å². The summed E-state index contributed by atoms with van der Waals surface area (Å²) < 4.78 is 0. The van der Waals surface area contributed by atoms with Crippen molar-refractivity contribution in [3.05, 3.63) is 59.7 Å². The summed E-state index contributed by atoms with van der Waals surface area (Å²) in [5.41, 5.74) is 3.01. The minimum atomic E-state index is -0.924. The molecule has 0 aromatic heterocycles. The van der Waals surface area contributed by atoms with Gasteiger partial charge in [-0.05, 0) is 29.2 Å². The average molecular weight is 346 g/mol. The van der Waals surface area contributed by atoms with Crippen LogP contribution in [-0.2, 0) is 19.9 Å². The van der Waals surface area contributed by atoms with E-state index in [1.807, 2.05) is 48.5 Å². The largest absolute Gasteiger partial charge is 0.330 e. The predicted molar refractivity (Wildman–Crippen MR) is 94.8 cm³/mol. The van der Waals surface area contributed by atoms with Gasteiger partial charge in [-0.1, -0.05) is 48.5 Å². The number of imide groups is 1. The van der Waals surface area contributed by atoms with Gasteiger partial charge in [0.1, 0.15) is 11.5 Å². The summed E-state index contributed by atoms with van der Waals surface area (Å²) in [4.78, 5) is 42.0. The predicted octanol–water partition coefficient (Wildman–Crippen LogP) is 2.00. The molecule has 3 amide bonds. The summed E-state index contributed by atoms with van der Waals surface area (Å²) in [6.45, 7) is 2.06. The monoisotopic (exact) mass is 346 g/mol. The molecule has 1 aliphatic carbocycles. The molecule has 2 saturated heterocycles. The van der Waals surface area contributed by atoms with E-state index in [2.05, 4.69) is 0 Å². The van der Waals surface area contributed by atoms with Gasteiger partial charge in [0.05, 0.1) is 5.92 Å². The zero-order valence-corrected chi connectivity index (χ0v) is 14.6. The Balaban J connectivity index is 1.88. The second kappa shape index (κ2) is 4.81. The van der Waals surface area contributed by atoms with Crippen LogP contribution in [0.3, 0.4) is 0 Å². The van der Waals surface area contributed by atoms with Crippen LogP contribution in [0.2, 0.25) is 0 Å². The molecule has 3 aliphatic rings. The fourth-order valence-corrected chi connectivity index (χ4v) is 5.24. The molecule has 0 bridgehead atoms. The highest BCUT2D eigenvalue weighted by Crippen LogP contribution is 2.61. The highest BCUT2D eigenvalue weighted by molar-refractivity contribution is 6.18. The number of rotatable bonds is 1. The maximum atomic E-state index is 13.2. The van der Waals surface area contributed by atoms with Crippen molar-refractivity contribution in [1.29, 1.82) is 0 Å². The van der Waals surface area contributed by atoms with Gasteiger partial charge in [-0.25, -0.2) is 0 Å². The molecule has 2 aromatic rings. The first-order chi connectivity index (χ1) is 12.5. The van der Waals surface area contributed by atoms with Crippen LogP contribution in [0.1, 0.15) is 18.1 Å². The van der Waals surface area contributed by atoms with Crippen molar-refractivity contribution < 1.29 is 14.4 Å². The van der Waals surface area contributed by atoms with Crippen LogP contribution in [0.4, 0.5) is 0 Å². The molecule has 5 heteroatoms. The normalized spacial score (nSPS) is 25.1. The van der Waals surface area contributed by atoms with E-state index in [1.165, 1.54) is 4.90 Å². The topological polar surface area (TPSA) is 57.7 Å². The van der Waals surface area contributed by atoms with Gasteiger partial charge in [-0.2, -0.15) is 0 Å². The van der Waals surface area contributed by atoms with Crippen LogP contribution in [0.15, 0.2) is 48.5 Å². The van der Waals surface area contributed by atoms with E-state index in [4.69, 9.17) is 0 Å². The van der Waals surface area contributed by atoms with Crippen LogP contribution >= 0.6 is 0 Å². The fraction of sp³-hybridized carbons (Fsp3) is 0.286. The smallest absolute Gasteiger partial charge is 0.242 e. The van der Waals surface area contributed by atoms with Crippen molar-refractivity contribution in [2.75, 3.05) is 13.6 Å². The van der Waals surface area contributed by atoms with Crippen LogP contribution < -0.4 is 0 Å². The lowest BCUT2D eigenvalue weighted by Gasteiger charge is -2.38. The highest BCUT2D eigenvalue weighted by atomic mass is 16.2. The number of benzene rings is 2. The van der Waals surface area contributed by atoms with Crippen LogP contribution in [0.25, 0.3) is 11.1 Å². The molecule has 2 aliphatic heterocycles. The Labute approximate surface area is 151 Å². The molecule has 2 fully saturated rings. The van der Waals surface area contributed by atoms with Gasteiger partial charge in [0.15, 0.2) is 0 Å². The summed E-state index contributed by atoms with van der Waals surface area (Å²) in [7, 11) is 1.72. The Hall–Kier alpha value is -2.95. The summed E-state index contributed by atoms with van der Waals surface area (Å²) in [5.74, 6) is -2.51.